The van der Waals surface area contributed by atoms with Gasteiger partial charge in [0.1, 0.15) is 11.3 Å². The minimum absolute atomic E-state index is 0.0300. The second-order valence-electron chi connectivity index (χ2n) is 7.04. The zero-order valence-electron chi connectivity index (χ0n) is 15.8. The van der Waals surface area contributed by atoms with E-state index in [2.05, 4.69) is 10.3 Å². The van der Waals surface area contributed by atoms with Crippen LogP contribution in [0.4, 0.5) is 9.52 Å². The highest BCUT2D eigenvalue weighted by Crippen LogP contribution is 2.29. The van der Waals surface area contributed by atoms with Crippen LogP contribution in [0.5, 0.6) is 0 Å². The van der Waals surface area contributed by atoms with Gasteiger partial charge in [-0.2, -0.15) is 4.31 Å². The molecule has 0 aliphatic heterocycles. The number of rotatable bonds is 5. The maximum absolute atomic E-state index is 13.8. The van der Waals surface area contributed by atoms with Crippen molar-refractivity contribution in [1.82, 2.24) is 9.29 Å². The average Bonchev–Trinajstić information content (AvgIpc) is 3.38. The summed E-state index contributed by atoms with van der Waals surface area (Å²) in [4.78, 5) is 16.8. The van der Waals surface area contributed by atoms with E-state index < -0.39 is 21.7 Å². The number of anilines is 1. The number of carbonyl (C=O) groups excluding carboxylic acids is 1. The first-order valence-electron chi connectivity index (χ1n) is 9.31. The number of nitrogens with zero attached hydrogens (tertiary/aromatic N) is 2. The molecule has 1 amide bonds. The van der Waals surface area contributed by atoms with Crippen molar-refractivity contribution in [2.45, 2.75) is 36.6 Å². The second-order valence-corrected chi connectivity index (χ2v) is 10.1. The number of carbonyl (C=O) groups is 1. The van der Waals surface area contributed by atoms with Crippen LogP contribution in [-0.4, -0.2) is 36.7 Å². The number of thiazole rings is 1. The van der Waals surface area contributed by atoms with E-state index in [-0.39, 0.29) is 21.6 Å². The van der Waals surface area contributed by atoms with Gasteiger partial charge in [0.15, 0.2) is 5.13 Å². The van der Waals surface area contributed by atoms with Crippen molar-refractivity contribution in [2.75, 3.05) is 12.4 Å². The molecule has 0 saturated heterocycles. The van der Waals surface area contributed by atoms with Crippen LogP contribution >= 0.6 is 11.3 Å². The molecule has 3 aromatic rings. The van der Waals surface area contributed by atoms with Crippen LogP contribution in [0.15, 0.2) is 47.4 Å². The number of hydrogen-bond acceptors (Lipinski definition) is 5. The summed E-state index contributed by atoms with van der Waals surface area (Å²) in [5.41, 5.74) is 0.511. The third kappa shape index (κ3) is 3.90. The lowest BCUT2D eigenvalue weighted by atomic mass is 10.2. The summed E-state index contributed by atoms with van der Waals surface area (Å²) in [6.45, 7) is 0. The Hall–Kier alpha value is -2.36. The third-order valence-electron chi connectivity index (χ3n) is 5.22. The maximum atomic E-state index is 13.8. The second kappa shape index (κ2) is 7.81. The van der Waals surface area contributed by atoms with Crippen molar-refractivity contribution >= 4 is 42.6 Å². The van der Waals surface area contributed by atoms with Gasteiger partial charge in [0.2, 0.25) is 10.0 Å². The largest absolute Gasteiger partial charge is 0.298 e. The molecule has 1 saturated carbocycles. The number of nitrogens with one attached hydrogen (secondary N) is 1. The van der Waals surface area contributed by atoms with Crippen LogP contribution in [0.25, 0.3) is 10.2 Å². The molecule has 1 N–H and O–H groups in total. The molecule has 6 nitrogen and oxygen atoms in total. The van der Waals surface area contributed by atoms with E-state index in [1.807, 2.05) is 0 Å². The molecule has 1 heterocycles. The number of halogens is 1. The van der Waals surface area contributed by atoms with Crippen molar-refractivity contribution in [1.29, 1.82) is 0 Å². The summed E-state index contributed by atoms with van der Waals surface area (Å²) in [6, 6.07) is 10.5. The standard InChI is InChI=1S/C20H20FN3O3S2/c1-24(14-5-2-3-6-14)29(26,27)15-11-9-13(10-12-15)19(25)23-20-22-18-16(21)7-4-8-17(18)28-20/h4,7-12,14H,2-3,5-6H2,1H3,(H,22,23,25). The lowest BCUT2D eigenvalue weighted by Gasteiger charge is -2.23. The first-order chi connectivity index (χ1) is 13.9. The summed E-state index contributed by atoms with van der Waals surface area (Å²) in [7, 11) is -1.99. The SMILES string of the molecule is CN(C1CCCC1)S(=O)(=O)c1ccc(C(=O)Nc2nc3c(F)cccc3s2)cc1. The van der Waals surface area contributed by atoms with Crippen LogP contribution < -0.4 is 5.32 Å². The molecular weight excluding hydrogens is 413 g/mol. The maximum Gasteiger partial charge on any atom is 0.257 e. The highest BCUT2D eigenvalue weighted by atomic mass is 32.2. The van der Waals surface area contributed by atoms with Gasteiger partial charge in [-0.15, -0.1) is 0 Å². The van der Waals surface area contributed by atoms with Gasteiger partial charge in [0.25, 0.3) is 5.91 Å². The molecule has 1 aliphatic rings. The molecule has 1 aromatic heterocycles. The summed E-state index contributed by atoms with van der Waals surface area (Å²) < 4.78 is 41.4. The Bertz CT molecular complexity index is 1150. The smallest absolute Gasteiger partial charge is 0.257 e. The molecule has 0 spiro atoms. The van der Waals surface area contributed by atoms with Crippen molar-refractivity contribution < 1.29 is 17.6 Å². The zero-order chi connectivity index (χ0) is 20.6. The molecule has 1 fully saturated rings. The number of benzene rings is 2. The van der Waals surface area contributed by atoms with Crippen molar-refractivity contribution in [3.63, 3.8) is 0 Å². The van der Waals surface area contributed by atoms with E-state index in [9.17, 15) is 17.6 Å². The predicted molar refractivity (Wildman–Crippen MR) is 111 cm³/mol. The molecule has 152 valence electrons. The Balaban J connectivity index is 1.50. The van der Waals surface area contributed by atoms with Gasteiger partial charge in [-0.25, -0.2) is 17.8 Å². The number of fused-ring (bicyclic) bond motifs is 1. The average molecular weight is 434 g/mol. The van der Waals surface area contributed by atoms with E-state index in [0.717, 1.165) is 25.7 Å². The molecule has 29 heavy (non-hydrogen) atoms. The van der Waals surface area contributed by atoms with Gasteiger partial charge in [0.05, 0.1) is 9.60 Å². The lowest BCUT2D eigenvalue weighted by Crippen LogP contribution is -2.35. The van der Waals surface area contributed by atoms with E-state index >= 15 is 0 Å². The van der Waals surface area contributed by atoms with Gasteiger partial charge < -0.3 is 0 Å². The monoisotopic (exact) mass is 433 g/mol. The first-order valence-corrected chi connectivity index (χ1v) is 11.6. The molecule has 0 bridgehead atoms. The van der Waals surface area contributed by atoms with E-state index in [1.165, 1.54) is 46.0 Å². The van der Waals surface area contributed by atoms with Crippen LogP contribution in [-0.2, 0) is 10.0 Å². The van der Waals surface area contributed by atoms with E-state index in [1.54, 1.807) is 19.2 Å². The Morgan fingerprint density at radius 3 is 2.52 bits per heavy atom. The summed E-state index contributed by atoms with van der Waals surface area (Å²) in [5, 5.41) is 2.93. The molecule has 2 aromatic carbocycles. The number of sulfonamides is 1. The fourth-order valence-corrected chi connectivity index (χ4v) is 5.84. The van der Waals surface area contributed by atoms with Gasteiger partial charge in [-0.3, -0.25) is 10.1 Å². The predicted octanol–water partition coefficient (Wildman–Crippen LogP) is 4.25. The fraction of sp³-hybridized carbons (Fsp3) is 0.300. The molecule has 0 radical (unpaired) electrons. The van der Waals surface area contributed by atoms with E-state index in [4.69, 9.17) is 0 Å². The van der Waals surface area contributed by atoms with Crippen LogP contribution in [0, 0.1) is 5.82 Å². The van der Waals surface area contributed by atoms with Gasteiger partial charge in [-0.05, 0) is 49.2 Å². The molecule has 9 heteroatoms. The number of para-hydroxylation sites is 1. The highest BCUT2D eigenvalue weighted by molar-refractivity contribution is 7.89. The van der Waals surface area contributed by atoms with Crippen LogP contribution in [0.1, 0.15) is 36.0 Å². The van der Waals surface area contributed by atoms with Crippen LogP contribution in [0.3, 0.4) is 0 Å². The molecule has 1 aliphatic carbocycles. The zero-order valence-corrected chi connectivity index (χ0v) is 17.4. The Labute approximate surface area is 172 Å². The quantitative estimate of drug-likeness (QED) is 0.652. The molecule has 4 rings (SSSR count). The Kier molecular flexibility index (Phi) is 5.37. The molecular formula is C20H20FN3O3S2. The van der Waals surface area contributed by atoms with Crippen molar-refractivity contribution in [2.24, 2.45) is 0 Å². The van der Waals surface area contributed by atoms with Crippen LogP contribution in [0.2, 0.25) is 0 Å². The highest BCUT2D eigenvalue weighted by Gasteiger charge is 2.30. The number of aromatic nitrogens is 1. The molecule has 0 atom stereocenters. The Morgan fingerprint density at radius 2 is 1.86 bits per heavy atom. The topological polar surface area (TPSA) is 79.4 Å². The van der Waals surface area contributed by atoms with Gasteiger partial charge in [-0.1, -0.05) is 30.2 Å². The summed E-state index contributed by atoms with van der Waals surface area (Å²) in [5.74, 6) is -0.877. The van der Waals surface area contributed by atoms with Gasteiger partial charge >= 0.3 is 0 Å². The fourth-order valence-electron chi connectivity index (χ4n) is 3.55. The Morgan fingerprint density at radius 1 is 1.17 bits per heavy atom. The van der Waals surface area contributed by atoms with Gasteiger partial charge in [0, 0.05) is 18.7 Å². The first kappa shape index (κ1) is 19.9. The van der Waals surface area contributed by atoms with Crippen molar-refractivity contribution in [3.05, 3.63) is 53.8 Å². The lowest BCUT2D eigenvalue weighted by molar-refractivity contribution is 0.102. The normalized spacial score (nSPS) is 15.3. The molecule has 0 unspecified atom stereocenters. The summed E-state index contributed by atoms with van der Waals surface area (Å²) in [6.07, 6.45) is 3.83. The minimum Gasteiger partial charge on any atom is -0.298 e. The number of amides is 1. The third-order valence-corrected chi connectivity index (χ3v) is 8.08. The number of hydrogen-bond donors (Lipinski definition) is 1. The van der Waals surface area contributed by atoms with E-state index in [0.29, 0.717) is 10.3 Å². The summed E-state index contributed by atoms with van der Waals surface area (Å²) >= 11 is 1.17. The van der Waals surface area contributed by atoms with Crippen molar-refractivity contribution in [3.8, 4) is 0 Å². The minimum atomic E-state index is -3.60.